The van der Waals surface area contributed by atoms with Gasteiger partial charge in [0.15, 0.2) is 0 Å². The highest BCUT2D eigenvalue weighted by atomic mass is 32.2. The predicted molar refractivity (Wildman–Crippen MR) is 84.0 cm³/mol. The largest absolute Gasteiger partial charge is 0.508 e. The summed E-state index contributed by atoms with van der Waals surface area (Å²) in [4.78, 5) is 10.0. The zero-order chi connectivity index (χ0) is 16.8. The van der Waals surface area contributed by atoms with E-state index < -0.39 is 6.16 Å². The van der Waals surface area contributed by atoms with Gasteiger partial charge in [-0.15, -0.1) is 0 Å². The van der Waals surface area contributed by atoms with E-state index in [4.69, 9.17) is 20.1 Å². The first-order valence-electron chi connectivity index (χ1n) is 7.35. The topological polar surface area (TPSA) is 105 Å². The molecule has 22 heavy (non-hydrogen) atoms. The second-order valence-electron chi connectivity index (χ2n) is 5.05. The summed E-state index contributed by atoms with van der Waals surface area (Å²) in [5, 5.41) is 25.1. The molecule has 2 saturated heterocycles. The molecule has 0 saturated carbocycles. The lowest BCUT2D eigenvalue weighted by molar-refractivity contribution is -0.138. The first-order valence-corrected chi connectivity index (χ1v) is 8.50. The molecule has 0 spiro atoms. The Balaban J connectivity index is 0.000000302. The van der Waals surface area contributed by atoms with Crippen LogP contribution in [0.3, 0.4) is 0 Å². The lowest BCUT2D eigenvalue weighted by Crippen LogP contribution is -2.44. The Kier molecular flexibility index (Phi) is 12.6. The van der Waals surface area contributed by atoms with Crippen LogP contribution in [-0.4, -0.2) is 78.7 Å². The van der Waals surface area contributed by atoms with Crippen LogP contribution in [0.5, 0.6) is 0 Å². The van der Waals surface area contributed by atoms with Gasteiger partial charge < -0.3 is 29.5 Å². The molecule has 132 valence electrons. The zero-order valence-corrected chi connectivity index (χ0v) is 14.1. The van der Waals surface area contributed by atoms with Crippen molar-refractivity contribution < 1.29 is 34.3 Å². The van der Waals surface area contributed by atoms with Gasteiger partial charge in [0.05, 0.1) is 33.0 Å². The van der Waals surface area contributed by atoms with Crippen LogP contribution in [0.4, 0.5) is 4.79 Å². The third kappa shape index (κ3) is 9.47. The van der Waals surface area contributed by atoms with Crippen molar-refractivity contribution in [1.29, 1.82) is 0 Å². The van der Waals surface area contributed by atoms with Crippen molar-refractivity contribution in [3.63, 3.8) is 0 Å². The second kappa shape index (κ2) is 13.0. The first-order chi connectivity index (χ1) is 10.5. The zero-order valence-electron chi connectivity index (χ0n) is 13.3. The molecule has 2 aliphatic heterocycles. The van der Waals surface area contributed by atoms with Crippen molar-refractivity contribution in [1.82, 2.24) is 0 Å². The van der Waals surface area contributed by atoms with Crippen LogP contribution in [0.25, 0.3) is 0 Å². The van der Waals surface area contributed by atoms with E-state index in [1.807, 2.05) is 0 Å². The summed E-state index contributed by atoms with van der Waals surface area (Å²) in [5.41, 5.74) is 0.139. The molecule has 1 unspecified atom stereocenters. The monoisotopic (exact) mass is 340 g/mol. The molecule has 0 amide bonds. The number of hydrogen-bond acceptors (Lipinski definition) is 8. The average Bonchev–Trinajstić information content (AvgIpc) is 2.85. The van der Waals surface area contributed by atoms with Crippen molar-refractivity contribution in [2.24, 2.45) is 5.41 Å². The van der Waals surface area contributed by atoms with Crippen molar-refractivity contribution in [2.75, 3.05) is 51.1 Å². The van der Waals surface area contributed by atoms with E-state index >= 15 is 0 Å². The summed E-state index contributed by atoms with van der Waals surface area (Å²) in [7, 11) is 0. The quantitative estimate of drug-likeness (QED) is 0.478. The highest BCUT2D eigenvalue weighted by Gasteiger charge is 2.35. The van der Waals surface area contributed by atoms with Gasteiger partial charge in [-0.05, 0) is 13.3 Å². The summed E-state index contributed by atoms with van der Waals surface area (Å²) < 4.78 is 13.9. The summed E-state index contributed by atoms with van der Waals surface area (Å²) in [6.45, 7) is 6.47. The molecule has 8 heteroatoms. The highest BCUT2D eigenvalue weighted by Crippen LogP contribution is 2.29. The fourth-order valence-electron chi connectivity index (χ4n) is 1.45. The van der Waals surface area contributed by atoms with Gasteiger partial charge in [-0.25, -0.2) is 4.79 Å². The normalized spacial score (nSPS) is 21.3. The number of carbonyl (C=O) groups excluding carboxylic acids is 1. The van der Waals surface area contributed by atoms with Gasteiger partial charge in [0.2, 0.25) is 0 Å². The Bertz CT molecular complexity index is 267. The molecule has 2 fully saturated rings. The van der Waals surface area contributed by atoms with Crippen LogP contribution < -0.4 is 0 Å². The van der Waals surface area contributed by atoms with E-state index in [-0.39, 0.29) is 31.3 Å². The first kappa shape index (κ1) is 21.5. The smallest absolute Gasteiger partial charge is 0.430 e. The summed E-state index contributed by atoms with van der Waals surface area (Å²) in [5.74, 6) is 1.47. The van der Waals surface area contributed by atoms with Crippen molar-refractivity contribution in [3.05, 3.63) is 0 Å². The number of cyclic esters (lactones) is 2. The van der Waals surface area contributed by atoms with E-state index in [0.29, 0.717) is 6.61 Å². The number of ether oxygens (including phenoxy) is 3. The van der Waals surface area contributed by atoms with Crippen LogP contribution in [0.2, 0.25) is 0 Å². The van der Waals surface area contributed by atoms with Gasteiger partial charge in [0.1, 0.15) is 12.7 Å². The van der Waals surface area contributed by atoms with Crippen LogP contribution in [0.1, 0.15) is 20.3 Å². The number of thioether (sulfide) groups is 1. The van der Waals surface area contributed by atoms with Crippen LogP contribution in [0.15, 0.2) is 0 Å². The number of carbonyl (C=O) groups is 1. The molecule has 0 aromatic heterocycles. The van der Waals surface area contributed by atoms with Crippen molar-refractivity contribution in [2.45, 2.75) is 26.4 Å². The molecule has 0 radical (unpaired) electrons. The maximum Gasteiger partial charge on any atom is 0.508 e. The third-order valence-electron chi connectivity index (χ3n) is 3.11. The fourth-order valence-corrected chi connectivity index (χ4v) is 1.91. The van der Waals surface area contributed by atoms with Gasteiger partial charge in [-0.3, -0.25) is 0 Å². The van der Waals surface area contributed by atoms with E-state index in [2.05, 4.69) is 16.4 Å². The number of hydrogen-bond donors (Lipinski definition) is 3. The van der Waals surface area contributed by atoms with Crippen LogP contribution >= 0.6 is 11.8 Å². The number of rotatable bonds is 6. The molecule has 2 aliphatic rings. The van der Waals surface area contributed by atoms with E-state index in [1.54, 1.807) is 18.7 Å². The van der Waals surface area contributed by atoms with E-state index in [1.165, 1.54) is 0 Å². The Labute approximate surface area is 135 Å². The molecule has 2 heterocycles. The van der Waals surface area contributed by atoms with Gasteiger partial charge >= 0.3 is 6.16 Å². The van der Waals surface area contributed by atoms with Gasteiger partial charge in [0, 0.05) is 16.9 Å². The number of aliphatic hydroxyl groups excluding tert-OH is 3. The molecule has 0 aliphatic carbocycles. The molecule has 3 N–H and O–H groups in total. The summed E-state index contributed by atoms with van der Waals surface area (Å²) in [6, 6.07) is 0. The molecular formula is C14H28O7S. The third-order valence-corrected chi connectivity index (χ3v) is 4.05. The van der Waals surface area contributed by atoms with Crippen molar-refractivity contribution in [3.8, 4) is 0 Å². The Morgan fingerprint density at radius 1 is 1.23 bits per heavy atom. The maximum absolute atomic E-state index is 10.0. The van der Waals surface area contributed by atoms with E-state index in [9.17, 15) is 4.79 Å². The van der Waals surface area contributed by atoms with Crippen LogP contribution in [-0.2, 0) is 14.2 Å². The van der Waals surface area contributed by atoms with Gasteiger partial charge in [-0.2, -0.15) is 11.8 Å². The van der Waals surface area contributed by atoms with Gasteiger partial charge in [-0.1, -0.05) is 6.92 Å². The van der Waals surface area contributed by atoms with Crippen LogP contribution in [0, 0.1) is 5.41 Å². The fraction of sp³-hybridized carbons (Fsp3) is 0.929. The predicted octanol–water partition coefficient (Wildman–Crippen LogP) is 0.651. The highest BCUT2D eigenvalue weighted by molar-refractivity contribution is 7.99. The molecule has 0 aromatic carbocycles. The van der Waals surface area contributed by atoms with Gasteiger partial charge in [0.25, 0.3) is 0 Å². The molecule has 0 aromatic rings. The standard InChI is InChI=1S/C6H12O2.C4H6O3.C4H10O2S/c1-2-6(3-7)4-8-5-6;1-3-2-6-4(5)7-3;5-1-3-7-4-2-6/h7H,2-5H2,1H3;3H,2H2,1H3;5-6H,1-4H2. The van der Waals surface area contributed by atoms with Crippen molar-refractivity contribution >= 4 is 17.9 Å². The lowest BCUT2D eigenvalue weighted by atomic mass is 9.84. The summed E-state index contributed by atoms with van der Waals surface area (Å²) >= 11 is 1.55. The Morgan fingerprint density at radius 2 is 1.82 bits per heavy atom. The molecule has 2 rings (SSSR count). The molecule has 1 atom stereocenters. The SMILES string of the molecule is CC1COC(=O)O1.CCC1(CO)COC1.OCCSCCO. The number of aliphatic hydroxyl groups is 3. The minimum absolute atomic E-state index is 0.0486. The average molecular weight is 340 g/mol. The minimum Gasteiger partial charge on any atom is -0.430 e. The molecule has 7 nitrogen and oxygen atoms in total. The minimum atomic E-state index is -0.549. The Morgan fingerprint density at radius 3 is 1.95 bits per heavy atom. The maximum atomic E-state index is 10.0. The molecule has 0 bridgehead atoms. The summed E-state index contributed by atoms with van der Waals surface area (Å²) in [6.07, 6.45) is 0.434. The second-order valence-corrected chi connectivity index (χ2v) is 6.28. The van der Waals surface area contributed by atoms with E-state index in [0.717, 1.165) is 31.1 Å². The lowest BCUT2D eigenvalue weighted by Gasteiger charge is -2.38. The Hall–Kier alpha value is -0.540. The molecular weight excluding hydrogens is 312 g/mol.